The van der Waals surface area contributed by atoms with Crippen molar-refractivity contribution in [3.8, 4) is 11.3 Å². The molecule has 1 atom stereocenters. The van der Waals surface area contributed by atoms with Crippen molar-refractivity contribution in [2.45, 2.75) is 43.1 Å². The van der Waals surface area contributed by atoms with Crippen LogP contribution in [0.15, 0.2) is 34.8 Å². The highest BCUT2D eigenvalue weighted by Gasteiger charge is 2.29. The number of thioether (sulfide) groups is 1. The molecule has 7 nitrogen and oxygen atoms in total. The smallest absolute Gasteiger partial charge is 0.239 e. The molecule has 0 spiro atoms. The molecule has 0 saturated heterocycles. The normalized spacial score (nSPS) is 15.0. The minimum atomic E-state index is -0.315. The van der Waals surface area contributed by atoms with Crippen LogP contribution in [-0.2, 0) is 4.79 Å². The lowest BCUT2D eigenvalue weighted by atomic mass is 10.1. The Bertz CT molecular complexity index is 915. The summed E-state index contributed by atoms with van der Waals surface area (Å²) in [5.74, 6) is -0.106. The summed E-state index contributed by atoms with van der Waals surface area (Å²) in [6.07, 6.45) is 2.19. The van der Waals surface area contributed by atoms with Crippen molar-refractivity contribution >= 4 is 34.1 Å². The van der Waals surface area contributed by atoms with E-state index in [-0.39, 0.29) is 11.2 Å². The second-order valence-electron chi connectivity index (χ2n) is 6.29. The Labute approximate surface area is 159 Å². The highest BCUT2D eigenvalue weighted by atomic mass is 32.2. The van der Waals surface area contributed by atoms with Crippen LogP contribution in [0.1, 0.15) is 31.4 Å². The molecular weight excluding hydrogens is 368 g/mol. The predicted molar refractivity (Wildman–Crippen MR) is 102 cm³/mol. The Morgan fingerprint density at radius 3 is 2.85 bits per heavy atom. The lowest BCUT2D eigenvalue weighted by Gasteiger charge is -2.09. The molecule has 9 heteroatoms. The summed E-state index contributed by atoms with van der Waals surface area (Å²) in [5.41, 5.74) is 3.11. The fourth-order valence-electron chi connectivity index (χ4n) is 2.42. The number of aryl methyl sites for hydroxylation is 1. The molecule has 0 radical (unpaired) electrons. The average molecular weight is 387 g/mol. The molecule has 3 aromatic rings. The van der Waals surface area contributed by atoms with Gasteiger partial charge < -0.3 is 5.32 Å². The molecule has 4 rings (SSSR count). The zero-order valence-corrected chi connectivity index (χ0v) is 16.0. The van der Waals surface area contributed by atoms with Gasteiger partial charge in [0.1, 0.15) is 0 Å². The van der Waals surface area contributed by atoms with Crippen LogP contribution in [0.4, 0.5) is 5.13 Å². The maximum absolute atomic E-state index is 12.5. The molecule has 1 amide bonds. The Morgan fingerprint density at radius 2 is 2.12 bits per heavy atom. The molecule has 1 aliphatic rings. The number of nitrogens with one attached hydrogen (secondary N) is 1. The minimum absolute atomic E-state index is 0.106. The fraction of sp³-hybridized carbons (Fsp3) is 0.353. The Morgan fingerprint density at radius 1 is 1.35 bits per heavy atom. The SMILES string of the molecule is Cc1ccc(-c2csc(NC(=O)[C@H](C)Sc3nnnn3C3CC3)n2)cc1. The van der Waals surface area contributed by atoms with Gasteiger partial charge >= 0.3 is 0 Å². The molecule has 0 bridgehead atoms. The number of carbonyl (C=O) groups is 1. The van der Waals surface area contributed by atoms with Gasteiger partial charge in [0.2, 0.25) is 11.1 Å². The molecule has 1 aromatic carbocycles. The van der Waals surface area contributed by atoms with Crippen molar-refractivity contribution in [1.82, 2.24) is 25.2 Å². The van der Waals surface area contributed by atoms with Crippen molar-refractivity contribution in [2.24, 2.45) is 0 Å². The van der Waals surface area contributed by atoms with Crippen LogP contribution in [0.25, 0.3) is 11.3 Å². The summed E-state index contributed by atoms with van der Waals surface area (Å²) in [6.45, 7) is 3.90. The number of anilines is 1. The molecule has 1 saturated carbocycles. The van der Waals surface area contributed by atoms with Gasteiger partial charge in [-0.25, -0.2) is 9.67 Å². The molecule has 1 N–H and O–H groups in total. The summed E-state index contributed by atoms with van der Waals surface area (Å²) >= 11 is 2.79. The van der Waals surface area contributed by atoms with E-state index in [0.717, 1.165) is 24.1 Å². The molecule has 0 unspecified atom stereocenters. The number of thiazole rings is 1. The molecule has 26 heavy (non-hydrogen) atoms. The second-order valence-corrected chi connectivity index (χ2v) is 8.46. The number of rotatable bonds is 6. The fourth-order valence-corrected chi connectivity index (χ4v) is 4.00. The van der Waals surface area contributed by atoms with E-state index < -0.39 is 0 Å². The van der Waals surface area contributed by atoms with Crippen molar-refractivity contribution < 1.29 is 4.79 Å². The van der Waals surface area contributed by atoms with Crippen molar-refractivity contribution in [3.05, 3.63) is 35.2 Å². The van der Waals surface area contributed by atoms with Crippen LogP contribution in [0.3, 0.4) is 0 Å². The third-order valence-corrected chi connectivity index (χ3v) is 5.89. The summed E-state index contributed by atoms with van der Waals surface area (Å²) < 4.78 is 1.81. The first-order chi connectivity index (χ1) is 12.6. The van der Waals surface area contributed by atoms with Crippen LogP contribution in [0.2, 0.25) is 0 Å². The number of hydrogen-bond donors (Lipinski definition) is 1. The summed E-state index contributed by atoms with van der Waals surface area (Å²) in [6, 6.07) is 8.56. The maximum atomic E-state index is 12.5. The lowest BCUT2D eigenvalue weighted by molar-refractivity contribution is -0.115. The van der Waals surface area contributed by atoms with Crippen LogP contribution in [0.5, 0.6) is 0 Å². The number of hydrogen-bond acceptors (Lipinski definition) is 7. The van der Waals surface area contributed by atoms with Crippen molar-refractivity contribution in [1.29, 1.82) is 0 Å². The lowest BCUT2D eigenvalue weighted by Crippen LogP contribution is -2.22. The van der Waals surface area contributed by atoms with E-state index in [1.165, 1.54) is 28.7 Å². The van der Waals surface area contributed by atoms with Gasteiger partial charge in [-0.3, -0.25) is 4.79 Å². The summed E-state index contributed by atoms with van der Waals surface area (Å²) in [7, 11) is 0. The maximum Gasteiger partial charge on any atom is 0.239 e. The second kappa shape index (κ2) is 7.16. The summed E-state index contributed by atoms with van der Waals surface area (Å²) in [5, 5.41) is 17.6. The standard InChI is InChI=1S/C17H18N6OS2/c1-10-3-5-12(6-4-10)14-9-25-16(18-14)19-15(24)11(2)26-17-20-21-22-23(17)13-7-8-13/h3-6,9,11,13H,7-8H2,1-2H3,(H,18,19,24)/t11-/m0/s1. The highest BCUT2D eigenvalue weighted by molar-refractivity contribution is 8.00. The molecule has 0 aliphatic heterocycles. The number of amides is 1. The largest absolute Gasteiger partial charge is 0.301 e. The Hall–Kier alpha value is -2.26. The Balaban J connectivity index is 1.39. The first kappa shape index (κ1) is 17.2. The number of aromatic nitrogens is 5. The highest BCUT2D eigenvalue weighted by Crippen LogP contribution is 2.37. The van der Waals surface area contributed by atoms with E-state index >= 15 is 0 Å². The van der Waals surface area contributed by atoms with Gasteiger partial charge in [0.05, 0.1) is 17.0 Å². The van der Waals surface area contributed by atoms with Gasteiger partial charge in [-0.05, 0) is 37.1 Å². The molecule has 1 aliphatic carbocycles. The van der Waals surface area contributed by atoms with E-state index in [2.05, 4.69) is 44.9 Å². The molecular formula is C17H18N6OS2. The van der Waals surface area contributed by atoms with E-state index in [1.54, 1.807) is 0 Å². The Kier molecular flexibility index (Phi) is 4.73. The van der Waals surface area contributed by atoms with E-state index in [1.807, 2.05) is 29.1 Å². The van der Waals surface area contributed by atoms with Crippen LogP contribution in [-0.4, -0.2) is 36.3 Å². The van der Waals surface area contributed by atoms with Gasteiger partial charge in [-0.15, -0.1) is 16.4 Å². The first-order valence-electron chi connectivity index (χ1n) is 8.38. The molecule has 2 heterocycles. The van der Waals surface area contributed by atoms with Gasteiger partial charge in [-0.2, -0.15) is 0 Å². The predicted octanol–water partition coefficient (Wildman–Crippen LogP) is 3.56. The van der Waals surface area contributed by atoms with E-state index in [4.69, 9.17) is 0 Å². The van der Waals surface area contributed by atoms with Gasteiger partial charge in [0.25, 0.3) is 0 Å². The van der Waals surface area contributed by atoms with Gasteiger partial charge in [0.15, 0.2) is 5.13 Å². The third-order valence-electron chi connectivity index (χ3n) is 4.09. The van der Waals surface area contributed by atoms with Crippen molar-refractivity contribution in [3.63, 3.8) is 0 Å². The van der Waals surface area contributed by atoms with E-state index in [0.29, 0.717) is 16.3 Å². The monoisotopic (exact) mass is 386 g/mol. The van der Waals surface area contributed by atoms with Crippen LogP contribution >= 0.6 is 23.1 Å². The number of tetrazole rings is 1. The summed E-state index contributed by atoms with van der Waals surface area (Å²) in [4.78, 5) is 17.0. The van der Waals surface area contributed by atoms with Crippen LogP contribution in [0, 0.1) is 6.92 Å². The molecule has 2 aromatic heterocycles. The van der Waals surface area contributed by atoms with Gasteiger partial charge in [0, 0.05) is 10.9 Å². The first-order valence-corrected chi connectivity index (χ1v) is 10.1. The van der Waals surface area contributed by atoms with Crippen molar-refractivity contribution in [2.75, 3.05) is 5.32 Å². The van der Waals surface area contributed by atoms with Gasteiger partial charge in [-0.1, -0.05) is 41.6 Å². The zero-order chi connectivity index (χ0) is 18.1. The number of benzene rings is 1. The minimum Gasteiger partial charge on any atom is -0.301 e. The molecule has 1 fully saturated rings. The number of carbonyl (C=O) groups excluding carboxylic acids is 1. The quantitative estimate of drug-likeness (QED) is 0.652. The van der Waals surface area contributed by atoms with E-state index in [9.17, 15) is 4.79 Å². The van der Waals surface area contributed by atoms with Crippen LogP contribution < -0.4 is 5.32 Å². The topological polar surface area (TPSA) is 85.6 Å². The third kappa shape index (κ3) is 3.78. The zero-order valence-electron chi connectivity index (χ0n) is 14.4. The average Bonchev–Trinajstić information content (AvgIpc) is 3.19. The molecule has 134 valence electrons. The number of nitrogens with zero attached hydrogens (tertiary/aromatic N) is 5.